The molecular weight excluding hydrogens is 641 g/mol. The van der Waals surface area contributed by atoms with Crippen molar-refractivity contribution in [2.75, 3.05) is 0 Å². The number of hydrogen-bond acceptors (Lipinski definition) is 5. The number of aromatic nitrogens is 3. The lowest BCUT2D eigenvalue weighted by Crippen LogP contribution is -1.96. The van der Waals surface area contributed by atoms with Crippen LogP contribution in [-0.4, -0.2) is 15.0 Å². The number of pyridine rings is 1. The number of hydrogen-bond donors (Lipinski definition) is 0. The number of nitriles is 1. The normalized spacial score (nSPS) is 11.1. The molecule has 0 amide bonds. The molecule has 0 bridgehead atoms. The van der Waals surface area contributed by atoms with E-state index in [1.165, 1.54) is 21.0 Å². The molecule has 0 fully saturated rings. The molecule has 5 heteroatoms. The van der Waals surface area contributed by atoms with Gasteiger partial charge in [-0.05, 0) is 76.3 Å². The van der Waals surface area contributed by atoms with Crippen molar-refractivity contribution in [3.05, 3.63) is 176 Å². The summed E-state index contributed by atoms with van der Waals surface area (Å²) >= 11 is 1.72. The maximum atomic E-state index is 9.46. The Morgan fingerprint density at radius 3 is 1.71 bits per heavy atom. The van der Waals surface area contributed by atoms with Gasteiger partial charge in [-0.1, -0.05) is 109 Å². The third-order valence-electron chi connectivity index (χ3n) is 9.21. The molecular formula is C46H28N4S. The average Bonchev–Trinajstić information content (AvgIpc) is 3.58. The van der Waals surface area contributed by atoms with Crippen LogP contribution in [0.1, 0.15) is 5.56 Å². The predicted octanol–water partition coefficient (Wildman–Crippen LogP) is 12.1. The molecule has 0 saturated carbocycles. The van der Waals surface area contributed by atoms with Crippen molar-refractivity contribution in [2.24, 2.45) is 0 Å². The molecule has 0 spiro atoms. The third kappa shape index (κ3) is 5.95. The minimum absolute atomic E-state index is 0.673. The number of benzene rings is 6. The van der Waals surface area contributed by atoms with Crippen LogP contribution in [0.4, 0.5) is 0 Å². The van der Waals surface area contributed by atoms with Crippen LogP contribution in [0.15, 0.2) is 170 Å². The topological polar surface area (TPSA) is 62.5 Å². The van der Waals surface area contributed by atoms with Crippen LogP contribution in [0, 0.1) is 11.3 Å². The fourth-order valence-electron chi connectivity index (χ4n) is 6.59. The lowest BCUT2D eigenvalue weighted by Gasteiger charge is -2.13. The summed E-state index contributed by atoms with van der Waals surface area (Å²) in [4.78, 5) is 14.7. The van der Waals surface area contributed by atoms with Crippen LogP contribution in [0.3, 0.4) is 0 Å². The van der Waals surface area contributed by atoms with E-state index < -0.39 is 0 Å². The van der Waals surface area contributed by atoms with E-state index in [0.717, 1.165) is 60.6 Å². The van der Waals surface area contributed by atoms with Crippen LogP contribution >= 0.6 is 11.3 Å². The van der Waals surface area contributed by atoms with Gasteiger partial charge in [0.15, 0.2) is 5.82 Å². The maximum Gasteiger partial charge on any atom is 0.160 e. The molecule has 3 heterocycles. The second kappa shape index (κ2) is 12.9. The molecule has 0 atom stereocenters. The van der Waals surface area contributed by atoms with Gasteiger partial charge in [-0.25, -0.2) is 9.97 Å². The minimum Gasteiger partial charge on any atom is -0.264 e. The van der Waals surface area contributed by atoms with Gasteiger partial charge in [-0.15, -0.1) is 11.3 Å². The minimum atomic E-state index is 0.673. The van der Waals surface area contributed by atoms with Crippen LogP contribution in [-0.2, 0) is 0 Å². The van der Waals surface area contributed by atoms with E-state index in [4.69, 9.17) is 9.97 Å². The Kier molecular flexibility index (Phi) is 7.70. The Bertz CT molecular complexity index is 2730. The Balaban J connectivity index is 1.21. The van der Waals surface area contributed by atoms with Crippen molar-refractivity contribution in [1.82, 2.24) is 15.0 Å². The number of nitrogens with zero attached hydrogens (tertiary/aromatic N) is 4. The van der Waals surface area contributed by atoms with Gasteiger partial charge < -0.3 is 0 Å². The smallest absolute Gasteiger partial charge is 0.160 e. The van der Waals surface area contributed by atoms with Crippen LogP contribution < -0.4 is 0 Å². The Labute approximate surface area is 299 Å². The van der Waals surface area contributed by atoms with Gasteiger partial charge in [0.2, 0.25) is 0 Å². The second-order valence-electron chi connectivity index (χ2n) is 12.4. The summed E-state index contributed by atoms with van der Waals surface area (Å²) in [6, 6.07) is 56.8. The first kappa shape index (κ1) is 30.3. The summed E-state index contributed by atoms with van der Waals surface area (Å²) in [5.74, 6) is 0.673. The fourth-order valence-corrected chi connectivity index (χ4v) is 7.78. The van der Waals surface area contributed by atoms with Crippen LogP contribution in [0.2, 0.25) is 0 Å². The summed E-state index contributed by atoms with van der Waals surface area (Å²) in [5, 5.41) is 11.8. The van der Waals surface area contributed by atoms with Crippen LogP contribution in [0.5, 0.6) is 0 Å². The van der Waals surface area contributed by atoms with Crippen molar-refractivity contribution < 1.29 is 0 Å². The van der Waals surface area contributed by atoms with E-state index in [1.807, 2.05) is 48.7 Å². The zero-order chi connectivity index (χ0) is 34.1. The highest BCUT2D eigenvalue weighted by Gasteiger charge is 2.15. The molecule has 238 valence electrons. The first-order valence-electron chi connectivity index (χ1n) is 16.7. The Morgan fingerprint density at radius 1 is 0.431 bits per heavy atom. The zero-order valence-electron chi connectivity index (χ0n) is 27.4. The van der Waals surface area contributed by atoms with Crippen molar-refractivity contribution in [3.63, 3.8) is 0 Å². The molecule has 0 unspecified atom stereocenters. The van der Waals surface area contributed by atoms with Crippen molar-refractivity contribution in [3.8, 4) is 73.4 Å². The van der Waals surface area contributed by atoms with Crippen molar-refractivity contribution >= 4 is 31.5 Å². The number of fused-ring (bicyclic) bond motifs is 3. The highest BCUT2D eigenvalue weighted by atomic mass is 32.1. The molecule has 0 aliphatic heterocycles. The van der Waals surface area contributed by atoms with E-state index in [-0.39, 0.29) is 0 Å². The number of rotatable bonds is 6. The van der Waals surface area contributed by atoms with E-state index >= 15 is 0 Å². The van der Waals surface area contributed by atoms with Crippen molar-refractivity contribution in [2.45, 2.75) is 0 Å². The summed E-state index contributed by atoms with van der Waals surface area (Å²) in [6.45, 7) is 0. The van der Waals surface area contributed by atoms with E-state index in [9.17, 15) is 5.26 Å². The molecule has 0 aliphatic carbocycles. The highest BCUT2D eigenvalue weighted by Crippen LogP contribution is 2.39. The molecule has 6 aromatic carbocycles. The van der Waals surface area contributed by atoms with Gasteiger partial charge in [0.1, 0.15) is 0 Å². The Morgan fingerprint density at radius 2 is 1.00 bits per heavy atom. The summed E-state index contributed by atoms with van der Waals surface area (Å²) in [7, 11) is 0. The molecule has 0 saturated heterocycles. The molecule has 0 N–H and O–H groups in total. The molecule has 0 aliphatic rings. The monoisotopic (exact) mass is 668 g/mol. The maximum absolute atomic E-state index is 9.46. The highest BCUT2D eigenvalue weighted by molar-refractivity contribution is 7.25. The summed E-state index contributed by atoms with van der Waals surface area (Å²) in [6.07, 6.45) is 3.70. The average molecular weight is 669 g/mol. The molecule has 51 heavy (non-hydrogen) atoms. The van der Waals surface area contributed by atoms with Gasteiger partial charge in [0.25, 0.3) is 0 Å². The van der Waals surface area contributed by atoms with Gasteiger partial charge in [0, 0.05) is 54.8 Å². The van der Waals surface area contributed by atoms with E-state index in [1.54, 1.807) is 17.5 Å². The number of thiophene rings is 1. The lowest BCUT2D eigenvalue weighted by molar-refractivity contribution is 1.18. The van der Waals surface area contributed by atoms with Gasteiger partial charge in [-0.2, -0.15) is 5.26 Å². The summed E-state index contributed by atoms with van der Waals surface area (Å²) < 4.78 is 2.30. The molecule has 9 rings (SSSR count). The van der Waals surface area contributed by atoms with Crippen molar-refractivity contribution in [1.29, 1.82) is 5.26 Å². The zero-order valence-corrected chi connectivity index (χ0v) is 28.2. The largest absolute Gasteiger partial charge is 0.264 e. The first-order chi connectivity index (χ1) is 25.2. The first-order valence-corrected chi connectivity index (χ1v) is 17.5. The second-order valence-corrected chi connectivity index (χ2v) is 13.5. The fraction of sp³-hybridized carbons (Fsp3) is 0. The predicted molar refractivity (Wildman–Crippen MR) is 210 cm³/mol. The van der Waals surface area contributed by atoms with E-state index in [2.05, 4.69) is 126 Å². The SMILES string of the molecule is N#Cc1ccc2c(c1)sc1cc(-c3cc(-c4cccnc4)cc(-c4cc(-c5ccc(-c6ccccc6)cc5)nc(-c5ccccc5)n4)c3)ccc12. The third-order valence-corrected chi connectivity index (χ3v) is 10.3. The van der Waals surface area contributed by atoms with E-state index in [0.29, 0.717) is 11.4 Å². The lowest BCUT2D eigenvalue weighted by atomic mass is 9.94. The van der Waals surface area contributed by atoms with Gasteiger partial charge >= 0.3 is 0 Å². The molecule has 0 radical (unpaired) electrons. The molecule has 4 nitrogen and oxygen atoms in total. The van der Waals surface area contributed by atoms with Gasteiger partial charge in [0.05, 0.1) is 23.0 Å². The standard InChI is InChI=1S/C46H28N4S/c47-28-30-13-19-40-41-20-18-35(26-45(41)51-44(40)22-30)37-23-38(36-12-7-21-48-29-36)25-39(24-37)43-27-42(49-46(50-43)34-10-5-2-6-11-34)33-16-14-32(15-17-33)31-8-3-1-4-9-31/h1-27,29H. The molecule has 3 aromatic heterocycles. The molecule has 9 aromatic rings. The van der Waals surface area contributed by atoms with Crippen LogP contribution in [0.25, 0.3) is 87.5 Å². The van der Waals surface area contributed by atoms with Gasteiger partial charge in [-0.3, -0.25) is 4.98 Å². The quantitative estimate of drug-likeness (QED) is 0.177. The summed E-state index contributed by atoms with van der Waals surface area (Å²) in [5.41, 5.74) is 11.9. The Hall–Kier alpha value is -6.74.